The van der Waals surface area contributed by atoms with E-state index in [1.807, 2.05) is 30.3 Å². The zero-order valence-electron chi connectivity index (χ0n) is 18.4. The Morgan fingerprint density at radius 2 is 1.10 bits per heavy atom. The van der Waals surface area contributed by atoms with Crippen molar-refractivity contribution < 1.29 is 14.3 Å². The Morgan fingerprint density at radius 3 is 1.59 bits per heavy atom. The van der Waals surface area contributed by atoms with E-state index in [4.69, 9.17) is 4.74 Å². The van der Waals surface area contributed by atoms with Gasteiger partial charge in [0, 0.05) is 12.8 Å². The van der Waals surface area contributed by atoms with Crippen LogP contribution in [-0.2, 0) is 20.9 Å². The SMILES string of the molecule is O=CCCCCCCCCCCCCCCCCCC(=O)OCc1ccccc1. The predicted molar refractivity (Wildman–Crippen MR) is 121 cm³/mol. The van der Waals surface area contributed by atoms with Gasteiger partial charge in [-0.25, -0.2) is 0 Å². The molecule has 0 aliphatic rings. The summed E-state index contributed by atoms with van der Waals surface area (Å²) < 4.78 is 5.31. The topological polar surface area (TPSA) is 43.4 Å². The van der Waals surface area contributed by atoms with Crippen molar-refractivity contribution in [3.8, 4) is 0 Å². The average molecular weight is 403 g/mol. The number of hydrogen-bond acceptors (Lipinski definition) is 3. The molecule has 0 fully saturated rings. The lowest BCUT2D eigenvalue weighted by atomic mass is 10.0. The molecule has 0 amide bonds. The van der Waals surface area contributed by atoms with Crippen LogP contribution in [0.3, 0.4) is 0 Å². The van der Waals surface area contributed by atoms with Crippen molar-refractivity contribution in [2.45, 2.75) is 116 Å². The monoisotopic (exact) mass is 402 g/mol. The zero-order chi connectivity index (χ0) is 20.8. The van der Waals surface area contributed by atoms with E-state index in [0.29, 0.717) is 13.0 Å². The molecule has 164 valence electrons. The minimum atomic E-state index is -0.0742. The van der Waals surface area contributed by atoms with Crippen molar-refractivity contribution >= 4 is 12.3 Å². The average Bonchev–Trinajstić information content (AvgIpc) is 2.75. The highest BCUT2D eigenvalue weighted by molar-refractivity contribution is 5.69. The van der Waals surface area contributed by atoms with E-state index < -0.39 is 0 Å². The normalized spacial score (nSPS) is 10.8. The van der Waals surface area contributed by atoms with E-state index in [1.54, 1.807) is 0 Å². The minimum Gasteiger partial charge on any atom is -0.461 e. The standard InChI is InChI=1S/C26H42O3/c27-23-19-14-12-10-8-6-4-2-1-3-5-7-9-11-13-18-22-26(28)29-24-25-20-16-15-17-21-25/h15-17,20-21,23H,1-14,18-19,22,24H2. The van der Waals surface area contributed by atoms with Gasteiger partial charge in [0.25, 0.3) is 0 Å². The van der Waals surface area contributed by atoms with Crippen LogP contribution in [0.2, 0.25) is 0 Å². The maximum absolute atomic E-state index is 11.7. The summed E-state index contributed by atoms with van der Waals surface area (Å²) in [7, 11) is 0. The Morgan fingerprint density at radius 1 is 0.655 bits per heavy atom. The molecule has 0 unspecified atom stereocenters. The molecule has 0 saturated heterocycles. The van der Waals surface area contributed by atoms with Gasteiger partial charge in [-0.15, -0.1) is 0 Å². The molecule has 1 rings (SSSR count). The lowest BCUT2D eigenvalue weighted by Crippen LogP contribution is -2.04. The first kappa shape index (κ1) is 25.4. The molecule has 0 aromatic heterocycles. The minimum absolute atomic E-state index is 0.0742. The number of aldehydes is 1. The third-order valence-corrected chi connectivity index (χ3v) is 5.45. The van der Waals surface area contributed by atoms with E-state index in [1.165, 1.54) is 77.0 Å². The Bertz CT molecular complexity index is 498. The van der Waals surface area contributed by atoms with Gasteiger partial charge in [-0.1, -0.05) is 114 Å². The van der Waals surface area contributed by atoms with Crippen LogP contribution in [0.4, 0.5) is 0 Å². The fourth-order valence-corrected chi connectivity index (χ4v) is 3.61. The van der Waals surface area contributed by atoms with Crippen LogP contribution in [0.25, 0.3) is 0 Å². The smallest absolute Gasteiger partial charge is 0.306 e. The summed E-state index contributed by atoms with van der Waals surface area (Å²) in [6, 6.07) is 9.85. The van der Waals surface area contributed by atoms with Gasteiger partial charge in [0.2, 0.25) is 0 Å². The molecular formula is C26H42O3. The molecule has 0 bridgehead atoms. The van der Waals surface area contributed by atoms with Gasteiger partial charge < -0.3 is 9.53 Å². The Balaban J connectivity index is 1.74. The Hall–Kier alpha value is -1.64. The molecule has 0 atom stereocenters. The van der Waals surface area contributed by atoms with Crippen molar-refractivity contribution in [3.05, 3.63) is 35.9 Å². The van der Waals surface area contributed by atoms with Gasteiger partial charge in [-0.05, 0) is 18.4 Å². The first-order chi connectivity index (χ1) is 14.3. The molecule has 0 saturated carbocycles. The second kappa shape index (κ2) is 19.7. The van der Waals surface area contributed by atoms with E-state index in [9.17, 15) is 9.59 Å². The van der Waals surface area contributed by atoms with Crippen LogP contribution < -0.4 is 0 Å². The van der Waals surface area contributed by atoms with Crippen molar-refractivity contribution in [3.63, 3.8) is 0 Å². The fraction of sp³-hybridized carbons (Fsp3) is 0.692. The lowest BCUT2D eigenvalue weighted by Gasteiger charge is -2.05. The maximum atomic E-state index is 11.7. The van der Waals surface area contributed by atoms with Crippen LogP contribution in [0.5, 0.6) is 0 Å². The number of rotatable bonds is 20. The summed E-state index contributed by atoms with van der Waals surface area (Å²) in [6.07, 6.45) is 21.3. The number of hydrogen-bond donors (Lipinski definition) is 0. The van der Waals surface area contributed by atoms with Crippen LogP contribution in [0.15, 0.2) is 30.3 Å². The van der Waals surface area contributed by atoms with Gasteiger partial charge in [-0.2, -0.15) is 0 Å². The van der Waals surface area contributed by atoms with Crippen LogP contribution >= 0.6 is 0 Å². The molecule has 1 aromatic carbocycles. The van der Waals surface area contributed by atoms with Crippen LogP contribution in [-0.4, -0.2) is 12.3 Å². The molecule has 3 heteroatoms. The molecule has 0 aliphatic heterocycles. The summed E-state index contributed by atoms with van der Waals surface area (Å²) >= 11 is 0. The number of carbonyl (C=O) groups excluding carboxylic acids is 2. The van der Waals surface area contributed by atoms with Gasteiger partial charge in [-0.3, -0.25) is 4.79 Å². The third-order valence-electron chi connectivity index (χ3n) is 5.45. The highest BCUT2D eigenvalue weighted by Gasteiger charge is 2.03. The molecule has 0 spiro atoms. The zero-order valence-corrected chi connectivity index (χ0v) is 18.4. The van der Waals surface area contributed by atoms with Gasteiger partial charge in [0.05, 0.1) is 0 Å². The van der Waals surface area contributed by atoms with Gasteiger partial charge in [0.15, 0.2) is 0 Å². The number of carbonyl (C=O) groups is 2. The molecule has 29 heavy (non-hydrogen) atoms. The fourth-order valence-electron chi connectivity index (χ4n) is 3.61. The van der Waals surface area contributed by atoms with Gasteiger partial charge >= 0.3 is 5.97 Å². The van der Waals surface area contributed by atoms with Crippen LogP contribution in [0.1, 0.15) is 115 Å². The highest BCUT2D eigenvalue weighted by Crippen LogP contribution is 2.14. The molecule has 0 N–H and O–H groups in total. The summed E-state index contributed by atoms with van der Waals surface area (Å²) in [6.45, 7) is 0.390. The first-order valence-corrected chi connectivity index (χ1v) is 12.0. The highest BCUT2D eigenvalue weighted by atomic mass is 16.5. The largest absolute Gasteiger partial charge is 0.461 e. The number of esters is 1. The van der Waals surface area contributed by atoms with Crippen molar-refractivity contribution in [2.24, 2.45) is 0 Å². The van der Waals surface area contributed by atoms with Gasteiger partial charge in [0.1, 0.15) is 12.9 Å². The van der Waals surface area contributed by atoms with Crippen LogP contribution in [0, 0.1) is 0 Å². The van der Waals surface area contributed by atoms with E-state index in [0.717, 1.165) is 37.5 Å². The second-order valence-electron chi connectivity index (χ2n) is 8.15. The summed E-state index contributed by atoms with van der Waals surface area (Å²) in [5.74, 6) is -0.0742. The maximum Gasteiger partial charge on any atom is 0.306 e. The molecule has 1 aromatic rings. The Kier molecular flexibility index (Phi) is 17.2. The number of benzene rings is 1. The molecular weight excluding hydrogens is 360 g/mol. The summed E-state index contributed by atoms with van der Waals surface area (Å²) in [5.41, 5.74) is 1.05. The molecule has 0 aliphatic carbocycles. The number of ether oxygens (including phenoxy) is 1. The molecule has 0 radical (unpaired) electrons. The van der Waals surface area contributed by atoms with E-state index in [2.05, 4.69) is 0 Å². The van der Waals surface area contributed by atoms with Crippen molar-refractivity contribution in [1.29, 1.82) is 0 Å². The molecule has 0 heterocycles. The quantitative estimate of drug-likeness (QED) is 0.128. The molecule has 3 nitrogen and oxygen atoms in total. The predicted octanol–water partition coefficient (Wildman–Crippen LogP) is 7.56. The van der Waals surface area contributed by atoms with Crippen molar-refractivity contribution in [2.75, 3.05) is 0 Å². The third kappa shape index (κ3) is 17.0. The second-order valence-corrected chi connectivity index (χ2v) is 8.15. The Labute approximate surface area is 178 Å². The lowest BCUT2D eigenvalue weighted by molar-refractivity contribution is -0.145. The summed E-state index contributed by atoms with van der Waals surface area (Å²) in [5, 5.41) is 0. The number of unbranched alkanes of at least 4 members (excludes halogenated alkanes) is 15. The van der Waals surface area contributed by atoms with E-state index in [-0.39, 0.29) is 5.97 Å². The first-order valence-electron chi connectivity index (χ1n) is 12.0. The summed E-state index contributed by atoms with van der Waals surface area (Å²) in [4.78, 5) is 22.0. The van der Waals surface area contributed by atoms with E-state index >= 15 is 0 Å². The van der Waals surface area contributed by atoms with Crippen molar-refractivity contribution in [1.82, 2.24) is 0 Å².